The molecule has 1 aliphatic heterocycles. The van der Waals surface area contributed by atoms with Crippen LogP contribution in [0.15, 0.2) is 0 Å². The number of hydrogen-bond acceptors (Lipinski definition) is 5. The lowest BCUT2D eigenvalue weighted by atomic mass is 9.97. The van der Waals surface area contributed by atoms with Gasteiger partial charge in [0.15, 0.2) is 0 Å². The van der Waals surface area contributed by atoms with E-state index in [0.717, 1.165) is 0 Å². The zero-order chi connectivity index (χ0) is 12.5. The maximum Gasteiger partial charge on any atom is 0.364 e. The predicted octanol–water partition coefficient (Wildman–Crippen LogP) is -1.61. The Morgan fingerprint density at radius 2 is 2.00 bits per heavy atom. The molecule has 3 atom stereocenters. The molecule has 7 heteroatoms. The van der Waals surface area contributed by atoms with Crippen molar-refractivity contribution in [1.29, 1.82) is 0 Å². The minimum Gasteiger partial charge on any atom is -0.477 e. The van der Waals surface area contributed by atoms with E-state index in [4.69, 9.17) is 9.84 Å². The number of aliphatic carboxylic acids is 1. The lowest BCUT2D eigenvalue weighted by molar-refractivity contribution is -0.267. The summed E-state index contributed by atoms with van der Waals surface area (Å²) in [6, 6.07) is 0. The van der Waals surface area contributed by atoms with Crippen LogP contribution in [0.5, 0.6) is 0 Å². The number of nitrogens with zero attached hydrogens (tertiary/aromatic N) is 1. The number of likely N-dealkylation sites (N-methyl/N-ethyl adjacent to an activating group) is 1. The van der Waals surface area contributed by atoms with Gasteiger partial charge in [-0.3, -0.25) is 4.79 Å². The van der Waals surface area contributed by atoms with Crippen LogP contribution in [0.4, 0.5) is 0 Å². The minimum absolute atomic E-state index is 0.0212. The normalized spacial score (nSPS) is 34.5. The number of rotatable bonds is 2. The van der Waals surface area contributed by atoms with Crippen LogP contribution in [0, 0.1) is 0 Å². The number of carbonyl (C=O) groups excluding carboxylic acids is 1. The van der Waals surface area contributed by atoms with Gasteiger partial charge in [0.2, 0.25) is 0 Å². The SMILES string of the molecule is CN(C)C(=O)[C@H]1CC(O)CC(O)(C(=O)O)O1. The van der Waals surface area contributed by atoms with Gasteiger partial charge in [-0.15, -0.1) is 0 Å². The fourth-order valence-corrected chi connectivity index (χ4v) is 1.56. The van der Waals surface area contributed by atoms with Gasteiger partial charge >= 0.3 is 5.97 Å². The average Bonchev–Trinajstić information content (AvgIpc) is 2.14. The molecular formula is C9H15NO6. The summed E-state index contributed by atoms with van der Waals surface area (Å²) >= 11 is 0. The molecule has 0 aromatic carbocycles. The van der Waals surface area contributed by atoms with Gasteiger partial charge in [-0.1, -0.05) is 0 Å². The number of amides is 1. The fraction of sp³-hybridized carbons (Fsp3) is 0.778. The second-order valence-electron chi connectivity index (χ2n) is 4.02. The number of ether oxygens (including phenoxy) is 1. The van der Waals surface area contributed by atoms with Gasteiger partial charge in [0, 0.05) is 26.9 Å². The standard InChI is InChI=1S/C9H15NO6/c1-10(2)7(12)6-3-5(11)4-9(15,16-6)8(13)14/h5-6,11,15H,3-4H2,1-2H3,(H,13,14)/t5?,6-,9?/m1/s1. The molecule has 1 heterocycles. The first-order valence-corrected chi connectivity index (χ1v) is 4.79. The minimum atomic E-state index is -2.49. The fourth-order valence-electron chi connectivity index (χ4n) is 1.56. The van der Waals surface area contributed by atoms with Gasteiger partial charge in [-0.05, 0) is 0 Å². The number of hydrogen-bond donors (Lipinski definition) is 3. The molecule has 1 fully saturated rings. The van der Waals surface area contributed by atoms with Crippen molar-refractivity contribution >= 4 is 11.9 Å². The quantitative estimate of drug-likeness (QED) is 0.529. The molecule has 2 unspecified atom stereocenters. The molecule has 1 aliphatic rings. The Balaban J connectivity index is 2.83. The molecule has 0 spiro atoms. The van der Waals surface area contributed by atoms with E-state index in [1.165, 1.54) is 19.0 Å². The summed E-state index contributed by atoms with van der Waals surface area (Å²) in [4.78, 5) is 23.5. The molecule has 0 aromatic heterocycles. The molecule has 1 saturated heterocycles. The highest BCUT2D eigenvalue weighted by molar-refractivity contribution is 5.82. The molecule has 0 saturated carbocycles. The Morgan fingerprint density at radius 3 is 2.44 bits per heavy atom. The first-order chi connectivity index (χ1) is 7.26. The van der Waals surface area contributed by atoms with E-state index in [1.807, 2.05) is 0 Å². The number of aliphatic hydroxyl groups excluding tert-OH is 1. The van der Waals surface area contributed by atoms with Crippen LogP contribution < -0.4 is 0 Å². The summed E-state index contributed by atoms with van der Waals surface area (Å²) in [5.74, 6) is -4.59. The molecule has 1 amide bonds. The molecule has 0 radical (unpaired) electrons. The maximum absolute atomic E-state index is 11.5. The largest absolute Gasteiger partial charge is 0.477 e. The molecule has 0 bridgehead atoms. The summed E-state index contributed by atoms with van der Waals surface area (Å²) in [7, 11) is 2.96. The van der Waals surface area contributed by atoms with Crippen molar-refractivity contribution in [1.82, 2.24) is 4.90 Å². The molecule has 7 nitrogen and oxygen atoms in total. The highest BCUT2D eigenvalue weighted by atomic mass is 16.7. The van der Waals surface area contributed by atoms with E-state index in [0.29, 0.717) is 0 Å². The van der Waals surface area contributed by atoms with Gasteiger partial charge in [0.05, 0.1) is 6.10 Å². The molecule has 16 heavy (non-hydrogen) atoms. The molecule has 3 N–H and O–H groups in total. The van der Waals surface area contributed by atoms with E-state index < -0.39 is 36.3 Å². The monoisotopic (exact) mass is 233 g/mol. The van der Waals surface area contributed by atoms with Gasteiger partial charge in [0.25, 0.3) is 11.7 Å². The van der Waals surface area contributed by atoms with E-state index in [1.54, 1.807) is 0 Å². The first kappa shape index (κ1) is 12.9. The van der Waals surface area contributed by atoms with Gasteiger partial charge < -0.3 is 25.0 Å². The highest BCUT2D eigenvalue weighted by Crippen LogP contribution is 2.28. The molecular weight excluding hydrogens is 218 g/mol. The zero-order valence-electron chi connectivity index (χ0n) is 9.08. The lowest BCUT2D eigenvalue weighted by Gasteiger charge is -2.36. The topological polar surface area (TPSA) is 107 Å². The molecule has 92 valence electrons. The summed E-state index contributed by atoms with van der Waals surface area (Å²) in [5, 5.41) is 27.7. The predicted molar refractivity (Wildman–Crippen MR) is 51.4 cm³/mol. The Bertz CT molecular complexity index is 304. The summed E-state index contributed by atoms with van der Waals surface area (Å²) in [5.41, 5.74) is 0. The zero-order valence-corrected chi connectivity index (χ0v) is 9.08. The van der Waals surface area contributed by atoms with Crippen LogP contribution in [0.25, 0.3) is 0 Å². The van der Waals surface area contributed by atoms with Crippen molar-refractivity contribution in [2.75, 3.05) is 14.1 Å². The van der Waals surface area contributed by atoms with Crippen LogP contribution >= 0.6 is 0 Å². The lowest BCUT2D eigenvalue weighted by Crippen LogP contribution is -2.55. The third kappa shape index (κ3) is 2.49. The van der Waals surface area contributed by atoms with Crippen LogP contribution in [0.1, 0.15) is 12.8 Å². The van der Waals surface area contributed by atoms with E-state index in [9.17, 15) is 19.8 Å². The van der Waals surface area contributed by atoms with Crippen LogP contribution in [0.2, 0.25) is 0 Å². The van der Waals surface area contributed by atoms with Gasteiger partial charge in [-0.25, -0.2) is 4.79 Å². The van der Waals surface area contributed by atoms with Gasteiger partial charge in [-0.2, -0.15) is 0 Å². The average molecular weight is 233 g/mol. The first-order valence-electron chi connectivity index (χ1n) is 4.79. The highest BCUT2D eigenvalue weighted by Gasteiger charge is 2.48. The second-order valence-corrected chi connectivity index (χ2v) is 4.02. The Hall–Kier alpha value is -1.18. The van der Waals surface area contributed by atoms with E-state index >= 15 is 0 Å². The summed E-state index contributed by atoms with van der Waals surface area (Å²) in [6.07, 6.45) is -2.69. The Morgan fingerprint density at radius 1 is 1.44 bits per heavy atom. The number of aliphatic hydroxyl groups is 2. The van der Waals surface area contributed by atoms with Crippen LogP contribution in [0.3, 0.4) is 0 Å². The molecule has 0 aromatic rings. The van der Waals surface area contributed by atoms with Crippen molar-refractivity contribution in [3.05, 3.63) is 0 Å². The third-order valence-electron chi connectivity index (χ3n) is 2.39. The molecule has 0 aliphatic carbocycles. The van der Waals surface area contributed by atoms with Crippen molar-refractivity contribution < 1.29 is 29.6 Å². The van der Waals surface area contributed by atoms with Crippen LogP contribution in [-0.2, 0) is 14.3 Å². The maximum atomic E-state index is 11.5. The molecule has 1 rings (SSSR count). The van der Waals surface area contributed by atoms with E-state index in [-0.39, 0.29) is 6.42 Å². The van der Waals surface area contributed by atoms with Crippen molar-refractivity contribution in [2.24, 2.45) is 0 Å². The smallest absolute Gasteiger partial charge is 0.364 e. The van der Waals surface area contributed by atoms with Crippen molar-refractivity contribution in [2.45, 2.75) is 30.8 Å². The van der Waals surface area contributed by atoms with Crippen molar-refractivity contribution in [3.8, 4) is 0 Å². The summed E-state index contributed by atoms with van der Waals surface area (Å²) in [6.45, 7) is 0. The van der Waals surface area contributed by atoms with Gasteiger partial charge in [0.1, 0.15) is 6.10 Å². The number of carboxylic acids is 1. The van der Waals surface area contributed by atoms with E-state index in [2.05, 4.69) is 0 Å². The Labute approximate surface area is 92.2 Å². The number of carboxylic acid groups (broad SMARTS) is 1. The van der Waals surface area contributed by atoms with Crippen LogP contribution in [-0.4, -0.2) is 64.2 Å². The summed E-state index contributed by atoms with van der Waals surface area (Å²) < 4.78 is 4.83. The number of carbonyl (C=O) groups is 2. The Kier molecular flexibility index (Phi) is 3.51. The third-order valence-corrected chi connectivity index (χ3v) is 2.39. The second kappa shape index (κ2) is 4.36. The van der Waals surface area contributed by atoms with Crippen molar-refractivity contribution in [3.63, 3.8) is 0 Å².